The fraction of sp³-hybridized carbons (Fsp3) is 0.188. The van der Waals surface area contributed by atoms with Crippen LogP contribution in [0.2, 0.25) is 5.02 Å². The van der Waals surface area contributed by atoms with Gasteiger partial charge in [0, 0.05) is 18.1 Å². The van der Waals surface area contributed by atoms with E-state index in [1.807, 2.05) is 35.8 Å². The van der Waals surface area contributed by atoms with E-state index >= 15 is 0 Å². The molecule has 0 saturated heterocycles. The summed E-state index contributed by atoms with van der Waals surface area (Å²) in [7, 11) is -3.54. The summed E-state index contributed by atoms with van der Waals surface area (Å²) in [6.07, 6.45) is 0. The number of benzene rings is 2. The van der Waals surface area contributed by atoms with E-state index in [9.17, 15) is 8.42 Å². The Labute approximate surface area is 140 Å². The number of hydrogen-bond donors (Lipinski definition) is 1. The van der Waals surface area contributed by atoms with Crippen LogP contribution >= 0.6 is 11.6 Å². The number of nitrogens with zero attached hydrogens (tertiary/aromatic N) is 2. The molecule has 120 valence electrons. The smallest absolute Gasteiger partial charge is 0.240 e. The lowest BCUT2D eigenvalue weighted by Crippen LogP contribution is -2.27. The quantitative estimate of drug-likeness (QED) is 0.770. The van der Waals surface area contributed by atoms with Gasteiger partial charge in [-0.25, -0.2) is 18.1 Å². The zero-order valence-electron chi connectivity index (χ0n) is 12.5. The predicted molar refractivity (Wildman–Crippen MR) is 91.1 cm³/mol. The summed E-state index contributed by atoms with van der Waals surface area (Å²) in [6.45, 7) is 2.71. The van der Waals surface area contributed by atoms with Gasteiger partial charge in [0.05, 0.1) is 15.9 Å². The normalized spacial score (nSPS) is 11.9. The molecule has 3 rings (SSSR count). The standard InChI is InChI=1S/C16H16ClN3O2S/c1-12-19-15-4-2-3-5-16(15)20(12)11-10-18-23(21,22)14-8-6-13(17)7-9-14/h2-9,18H,10-11H2,1H3. The molecule has 0 atom stereocenters. The van der Waals surface area contributed by atoms with E-state index in [2.05, 4.69) is 9.71 Å². The molecule has 0 spiro atoms. The monoisotopic (exact) mass is 349 g/mol. The molecule has 2 aromatic carbocycles. The molecular formula is C16H16ClN3O2S. The zero-order chi connectivity index (χ0) is 16.4. The minimum atomic E-state index is -3.54. The number of imidazole rings is 1. The van der Waals surface area contributed by atoms with Crippen LogP contribution in [0.15, 0.2) is 53.4 Å². The number of nitrogens with one attached hydrogen (secondary N) is 1. The molecule has 0 fully saturated rings. The number of hydrogen-bond acceptors (Lipinski definition) is 3. The molecule has 1 N–H and O–H groups in total. The molecule has 1 heterocycles. The maximum atomic E-state index is 12.2. The molecule has 0 aliphatic rings. The summed E-state index contributed by atoms with van der Waals surface area (Å²) in [4.78, 5) is 4.67. The first-order chi connectivity index (χ1) is 11.0. The molecule has 0 saturated carbocycles. The lowest BCUT2D eigenvalue weighted by atomic mass is 10.3. The lowest BCUT2D eigenvalue weighted by molar-refractivity contribution is 0.573. The summed E-state index contributed by atoms with van der Waals surface area (Å²) >= 11 is 5.78. The van der Waals surface area contributed by atoms with E-state index < -0.39 is 10.0 Å². The second kappa shape index (κ2) is 6.31. The molecule has 0 radical (unpaired) electrons. The average molecular weight is 350 g/mol. The van der Waals surface area contributed by atoms with E-state index in [-0.39, 0.29) is 11.4 Å². The van der Waals surface area contributed by atoms with Gasteiger partial charge in [0.2, 0.25) is 10.0 Å². The van der Waals surface area contributed by atoms with Gasteiger partial charge in [0.15, 0.2) is 0 Å². The Morgan fingerprint density at radius 1 is 1.13 bits per heavy atom. The number of aromatic nitrogens is 2. The molecule has 0 unspecified atom stereocenters. The molecule has 0 bridgehead atoms. The van der Waals surface area contributed by atoms with Crippen LogP contribution in [-0.2, 0) is 16.6 Å². The maximum absolute atomic E-state index is 12.2. The fourth-order valence-corrected chi connectivity index (χ4v) is 3.61. The Morgan fingerprint density at radius 3 is 2.57 bits per heavy atom. The Balaban J connectivity index is 1.73. The van der Waals surface area contributed by atoms with Crippen molar-refractivity contribution in [2.45, 2.75) is 18.4 Å². The predicted octanol–water partition coefficient (Wildman–Crippen LogP) is 2.98. The van der Waals surface area contributed by atoms with Crippen LogP contribution in [-0.4, -0.2) is 24.5 Å². The number of halogens is 1. The topological polar surface area (TPSA) is 64.0 Å². The molecular weight excluding hydrogens is 334 g/mol. The molecule has 23 heavy (non-hydrogen) atoms. The largest absolute Gasteiger partial charge is 0.327 e. The first-order valence-corrected chi connectivity index (χ1v) is 9.00. The summed E-state index contributed by atoms with van der Waals surface area (Å²) < 4.78 is 29.1. The first-order valence-electron chi connectivity index (χ1n) is 7.14. The number of rotatable bonds is 5. The van der Waals surface area contributed by atoms with E-state index in [4.69, 9.17) is 11.6 Å². The van der Waals surface area contributed by atoms with Crippen LogP contribution in [0.4, 0.5) is 0 Å². The third-order valence-electron chi connectivity index (χ3n) is 3.60. The maximum Gasteiger partial charge on any atom is 0.240 e. The van der Waals surface area contributed by atoms with Gasteiger partial charge < -0.3 is 4.57 Å². The van der Waals surface area contributed by atoms with Gasteiger partial charge in [-0.05, 0) is 43.3 Å². The van der Waals surface area contributed by atoms with Crippen LogP contribution in [0.5, 0.6) is 0 Å². The van der Waals surface area contributed by atoms with E-state index in [0.29, 0.717) is 11.6 Å². The van der Waals surface area contributed by atoms with Crippen molar-refractivity contribution < 1.29 is 8.42 Å². The van der Waals surface area contributed by atoms with Crippen molar-refractivity contribution in [3.63, 3.8) is 0 Å². The highest BCUT2D eigenvalue weighted by Crippen LogP contribution is 2.16. The van der Waals surface area contributed by atoms with E-state index in [0.717, 1.165) is 16.9 Å². The molecule has 0 aliphatic heterocycles. The number of aryl methyl sites for hydroxylation is 1. The minimum Gasteiger partial charge on any atom is -0.327 e. The van der Waals surface area contributed by atoms with Crippen molar-refractivity contribution in [3.05, 3.63) is 59.4 Å². The third-order valence-corrected chi connectivity index (χ3v) is 5.33. The summed E-state index contributed by atoms with van der Waals surface area (Å²) in [5.74, 6) is 0.858. The fourth-order valence-electron chi connectivity index (χ4n) is 2.47. The van der Waals surface area contributed by atoms with Gasteiger partial charge in [-0.3, -0.25) is 0 Å². The second-order valence-electron chi connectivity index (χ2n) is 5.15. The van der Waals surface area contributed by atoms with Crippen LogP contribution < -0.4 is 4.72 Å². The van der Waals surface area contributed by atoms with E-state index in [1.54, 1.807) is 12.1 Å². The highest BCUT2D eigenvalue weighted by Gasteiger charge is 2.14. The molecule has 0 aliphatic carbocycles. The molecule has 7 heteroatoms. The summed E-state index contributed by atoms with van der Waals surface area (Å²) in [5, 5.41) is 0.504. The van der Waals surface area contributed by atoms with Gasteiger partial charge in [-0.15, -0.1) is 0 Å². The molecule has 0 amide bonds. The van der Waals surface area contributed by atoms with Crippen molar-refractivity contribution >= 4 is 32.7 Å². The average Bonchev–Trinajstić information content (AvgIpc) is 2.84. The van der Waals surface area contributed by atoms with E-state index in [1.165, 1.54) is 12.1 Å². The van der Waals surface area contributed by atoms with Gasteiger partial charge in [0.25, 0.3) is 0 Å². The van der Waals surface area contributed by atoms with Crippen molar-refractivity contribution in [1.82, 2.24) is 14.3 Å². The zero-order valence-corrected chi connectivity index (χ0v) is 14.1. The Kier molecular flexibility index (Phi) is 4.39. The minimum absolute atomic E-state index is 0.203. The van der Waals surface area contributed by atoms with Crippen molar-refractivity contribution in [2.24, 2.45) is 0 Å². The van der Waals surface area contributed by atoms with Gasteiger partial charge in [-0.1, -0.05) is 23.7 Å². The lowest BCUT2D eigenvalue weighted by Gasteiger charge is -2.09. The van der Waals surface area contributed by atoms with Crippen LogP contribution in [0.25, 0.3) is 11.0 Å². The molecule has 1 aromatic heterocycles. The molecule has 5 nitrogen and oxygen atoms in total. The van der Waals surface area contributed by atoms with Crippen molar-refractivity contribution in [2.75, 3.05) is 6.54 Å². The highest BCUT2D eigenvalue weighted by atomic mass is 35.5. The summed E-state index contributed by atoms with van der Waals surface area (Å²) in [6, 6.07) is 13.9. The Bertz CT molecular complexity index is 934. The number of fused-ring (bicyclic) bond motifs is 1. The van der Waals surface area contributed by atoms with Gasteiger partial charge in [-0.2, -0.15) is 0 Å². The second-order valence-corrected chi connectivity index (χ2v) is 7.35. The van der Waals surface area contributed by atoms with Crippen LogP contribution in [0.3, 0.4) is 0 Å². The molecule has 3 aromatic rings. The first kappa shape index (κ1) is 16.0. The van der Waals surface area contributed by atoms with Crippen LogP contribution in [0, 0.1) is 6.92 Å². The van der Waals surface area contributed by atoms with Crippen molar-refractivity contribution in [3.8, 4) is 0 Å². The number of para-hydroxylation sites is 2. The van der Waals surface area contributed by atoms with Crippen molar-refractivity contribution in [1.29, 1.82) is 0 Å². The SMILES string of the molecule is Cc1nc2ccccc2n1CCNS(=O)(=O)c1ccc(Cl)cc1. The summed E-state index contributed by atoms with van der Waals surface area (Å²) in [5.41, 5.74) is 1.90. The number of sulfonamides is 1. The van der Waals surface area contributed by atoms with Gasteiger partial charge >= 0.3 is 0 Å². The Hall–Kier alpha value is -1.89. The third kappa shape index (κ3) is 3.39. The Morgan fingerprint density at radius 2 is 1.83 bits per heavy atom. The van der Waals surface area contributed by atoms with Gasteiger partial charge in [0.1, 0.15) is 5.82 Å². The highest BCUT2D eigenvalue weighted by molar-refractivity contribution is 7.89. The van der Waals surface area contributed by atoms with Crippen LogP contribution in [0.1, 0.15) is 5.82 Å².